The van der Waals surface area contributed by atoms with Crippen LogP contribution in [-0.4, -0.2) is 23.9 Å². The van der Waals surface area contributed by atoms with Gasteiger partial charge in [-0.05, 0) is 25.1 Å². The zero-order valence-electron chi connectivity index (χ0n) is 13.3. The van der Waals surface area contributed by atoms with E-state index >= 15 is 0 Å². The van der Waals surface area contributed by atoms with Crippen LogP contribution in [0.25, 0.3) is 0 Å². The first-order valence-corrected chi connectivity index (χ1v) is 7.91. The molecule has 0 aliphatic carbocycles. The fourth-order valence-electron chi connectivity index (χ4n) is 2.07. The van der Waals surface area contributed by atoms with Crippen molar-refractivity contribution in [2.75, 3.05) is 17.7 Å². The Kier molecular flexibility index (Phi) is 5.84. The third-order valence-corrected chi connectivity index (χ3v) is 4.12. The van der Waals surface area contributed by atoms with E-state index in [2.05, 4.69) is 15.6 Å². The summed E-state index contributed by atoms with van der Waals surface area (Å²) in [4.78, 5) is 28.5. The number of aromatic nitrogens is 1. The highest BCUT2D eigenvalue weighted by molar-refractivity contribution is 7.11. The van der Waals surface area contributed by atoms with Gasteiger partial charge < -0.3 is 15.4 Å². The fourth-order valence-corrected chi connectivity index (χ4v) is 3.11. The lowest BCUT2D eigenvalue weighted by molar-refractivity contribution is -0.115. The number of carbonyl (C=O) groups is 2. The van der Waals surface area contributed by atoms with Crippen molar-refractivity contribution < 1.29 is 14.3 Å². The summed E-state index contributed by atoms with van der Waals surface area (Å²) >= 11 is 1.48. The van der Waals surface area contributed by atoms with Crippen LogP contribution in [0.1, 0.15) is 22.5 Å². The number of amides is 2. The molecule has 6 nitrogen and oxygen atoms in total. The van der Waals surface area contributed by atoms with Crippen molar-refractivity contribution in [1.29, 1.82) is 0 Å². The average Bonchev–Trinajstić information content (AvgIpc) is 2.78. The molecule has 0 radical (unpaired) electrons. The van der Waals surface area contributed by atoms with Crippen molar-refractivity contribution in [1.82, 2.24) is 4.98 Å². The first kappa shape index (κ1) is 17.1. The Labute approximate surface area is 138 Å². The van der Waals surface area contributed by atoms with Gasteiger partial charge in [-0.25, -0.2) is 4.98 Å². The summed E-state index contributed by atoms with van der Waals surface area (Å²) in [7, 11) is 1.62. The highest BCUT2D eigenvalue weighted by Crippen LogP contribution is 2.20. The van der Waals surface area contributed by atoms with Crippen LogP contribution in [0.15, 0.2) is 24.3 Å². The summed E-state index contributed by atoms with van der Waals surface area (Å²) in [6, 6.07) is 7.03. The smallest absolute Gasteiger partial charge is 0.229 e. The number of rotatable bonds is 6. The number of carbonyl (C=O) groups excluding carboxylic acids is 2. The van der Waals surface area contributed by atoms with Gasteiger partial charge in [0.05, 0.1) is 18.7 Å². The summed E-state index contributed by atoms with van der Waals surface area (Å²) < 4.78 is 5.05. The lowest BCUT2D eigenvalue weighted by atomic mass is 10.2. The van der Waals surface area contributed by atoms with E-state index in [0.29, 0.717) is 18.0 Å². The second kappa shape index (κ2) is 7.85. The summed E-state index contributed by atoms with van der Waals surface area (Å²) in [6.45, 7) is 3.77. The molecule has 0 saturated carbocycles. The highest BCUT2D eigenvalue weighted by atomic mass is 32.1. The van der Waals surface area contributed by atoms with Gasteiger partial charge in [0.25, 0.3) is 0 Å². The van der Waals surface area contributed by atoms with Crippen LogP contribution >= 0.6 is 11.3 Å². The second-order valence-electron chi connectivity index (χ2n) is 5.04. The molecule has 0 unspecified atom stereocenters. The molecule has 1 heterocycles. The van der Waals surface area contributed by atoms with E-state index in [1.54, 1.807) is 31.4 Å². The van der Waals surface area contributed by atoms with Crippen molar-refractivity contribution in [3.8, 4) is 0 Å². The molecular weight excluding hydrogens is 314 g/mol. The monoisotopic (exact) mass is 333 g/mol. The Morgan fingerprint density at radius 3 is 2.61 bits per heavy atom. The third kappa shape index (κ3) is 5.15. The van der Waals surface area contributed by atoms with Gasteiger partial charge in [-0.15, -0.1) is 11.3 Å². The Hall–Kier alpha value is -2.25. The normalized spacial score (nSPS) is 10.4. The molecule has 23 heavy (non-hydrogen) atoms. The van der Waals surface area contributed by atoms with E-state index < -0.39 is 0 Å². The third-order valence-electron chi connectivity index (χ3n) is 2.99. The lowest BCUT2D eigenvalue weighted by Crippen LogP contribution is -2.14. The first-order chi connectivity index (χ1) is 11.0. The van der Waals surface area contributed by atoms with Gasteiger partial charge in [-0.1, -0.05) is 6.07 Å². The van der Waals surface area contributed by atoms with Gasteiger partial charge in [0.2, 0.25) is 11.8 Å². The molecule has 1 aromatic carbocycles. The van der Waals surface area contributed by atoms with E-state index in [1.807, 2.05) is 6.92 Å². The quantitative estimate of drug-likeness (QED) is 0.852. The Morgan fingerprint density at radius 1 is 1.26 bits per heavy atom. The topological polar surface area (TPSA) is 80.3 Å². The van der Waals surface area contributed by atoms with Crippen LogP contribution in [0, 0.1) is 6.92 Å². The maximum atomic E-state index is 12.2. The Morgan fingerprint density at radius 2 is 1.96 bits per heavy atom. The van der Waals surface area contributed by atoms with E-state index in [1.165, 1.54) is 18.3 Å². The van der Waals surface area contributed by atoms with E-state index in [9.17, 15) is 9.59 Å². The lowest BCUT2D eigenvalue weighted by Gasteiger charge is -2.07. The van der Waals surface area contributed by atoms with Crippen molar-refractivity contribution in [2.24, 2.45) is 0 Å². The number of benzene rings is 1. The highest BCUT2D eigenvalue weighted by Gasteiger charge is 2.12. The predicted molar refractivity (Wildman–Crippen MR) is 90.6 cm³/mol. The van der Waals surface area contributed by atoms with E-state index in [4.69, 9.17) is 4.74 Å². The van der Waals surface area contributed by atoms with Crippen LogP contribution in [0.3, 0.4) is 0 Å². The van der Waals surface area contributed by atoms with Gasteiger partial charge in [-0.3, -0.25) is 9.59 Å². The van der Waals surface area contributed by atoms with Crippen molar-refractivity contribution in [2.45, 2.75) is 26.9 Å². The summed E-state index contributed by atoms with van der Waals surface area (Å²) in [5, 5.41) is 6.37. The van der Waals surface area contributed by atoms with Crippen LogP contribution in [0.2, 0.25) is 0 Å². The molecule has 0 saturated heterocycles. The zero-order valence-corrected chi connectivity index (χ0v) is 14.1. The van der Waals surface area contributed by atoms with E-state index in [-0.39, 0.29) is 18.2 Å². The van der Waals surface area contributed by atoms with Gasteiger partial charge in [0.1, 0.15) is 5.01 Å². The molecule has 2 amide bonds. The minimum Gasteiger partial charge on any atom is -0.378 e. The molecule has 2 rings (SSSR count). The minimum absolute atomic E-state index is 0.124. The van der Waals surface area contributed by atoms with Crippen LogP contribution in [0.5, 0.6) is 0 Å². The van der Waals surface area contributed by atoms with Gasteiger partial charge in [0, 0.05) is 30.3 Å². The molecular formula is C16H19N3O3S. The number of nitrogens with one attached hydrogen (secondary N) is 2. The number of hydrogen-bond acceptors (Lipinski definition) is 5. The fraction of sp³-hybridized carbons (Fsp3) is 0.312. The number of nitrogens with zero attached hydrogens (tertiary/aromatic N) is 1. The summed E-state index contributed by atoms with van der Waals surface area (Å²) in [5.74, 6) is -0.278. The maximum absolute atomic E-state index is 12.2. The van der Waals surface area contributed by atoms with Crippen molar-refractivity contribution in [3.05, 3.63) is 39.8 Å². The molecule has 122 valence electrons. The predicted octanol–water partition coefficient (Wildman–Crippen LogP) is 2.74. The molecule has 0 aliphatic rings. The molecule has 7 heteroatoms. The summed E-state index contributed by atoms with van der Waals surface area (Å²) in [5.41, 5.74) is 2.14. The Bertz CT molecular complexity index is 712. The van der Waals surface area contributed by atoms with Gasteiger partial charge >= 0.3 is 0 Å². The van der Waals surface area contributed by atoms with E-state index in [0.717, 1.165) is 15.6 Å². The van der Waals surface area contributed by atoms with Crippen LogP contribution in [-0.2, 0) is 27.4 Å². The molecule has 2 aromatic rings. The number of ether oxygens (including phenoxy) is 1. The molecule has 0 atom stereocenters. The average molecular weight is 333 g/mol. The molecule has 0 spiro atoms. The summed E-state index contributed by atoms with van der Waals surface area (Å²) in [6.07, 6.45) is 0.261. The molecule has 1 aromatic heterocycles. The molecule has 0 fully saturated rings. The second-order valence-corrected chi connectivity index (χ2v) is 6.20. The largest absolute Gasteiger partial charge is 0.378 e. The SMILES string of the molecule is COCc1nc(C)c(CC(=O)Nc2cccc(NC(C)=O)c2)s1. The molecule has 2 N–H and O–H groups in total. The van der Waals surface area contributed by atoms with Crippen molar-refractivity contribution >= 4 is 34.5 Å². The maximum Gasteiger partial charge on any atom is 0.229 e. The van der Waals surface area contributed by atoms with Crippen LogP contribution in [0.4, 0.5) is 11.4 Å². The van der Waals surface area contributed by atoms with Crippen molar-refractivity contribution in [3.63, 3.8) is 0 Å². The number of methoxy groups -OCH3 is 1. The number of hydrogen-bond donors (Lipinski definition) is 2. The standard InChI is InChI=1S/C16H19N3O3S/c1-10-14(23-16(17-10)9-22-3)8-15(21)19-13-6-4-5-12(7-13)18-11(2)20/h4-7H,8-9H2,1-3H3,(H,18,20)(H,19,21). The zero-order chi connectivity index (χ0) is 16.8. The molecule has 0 aliphatic heterocycles. The first-order valence-electron chi connectivity index (χ1n) is 7.09. The van der Waals surface area contributed by atoms with Crippen LogP contribution < -0.4 is 10.6 Å². The number of anilines is 2. The minimum atomic E-state index is -0.153. The van der Waals surface area contributed by atoms with Gasteiger partial charge in [0.15, 0.2) is 0 Å². The number of thiazole rings is 1. The van der Waals surface area contributed by atoms with Gasteiger partial charge in [-0.2, -0.15) is 0 Å². The molecule has 0 bridgehead atoms. The Balaban J connectivity index is 2.00. The number of aryl methyl sites for hydroxylation is 1.